The van der Waals surface area contributed by atoms with Crippen molar-refractivity contribution in [1.29, 1.82) is 0 Å². The fourth-order valence-electron chi connectivity index (χ4n) is 1.79. The number of hydrogen-bond acceptors (Lipinski definition) is 3. The van der Waals surface area contributed by atoms with Crippen LogP contribution in [0.4, 0.5) is 5.69 Å². The average Bonchev–Trinajstić information content (AvgIpc) is 2.38. The van der Waals surface area contributed by atoms with Gasteiger partial charge < -0.3 is 15.4 Å². The molecule has 106 valence electrons. The number of benzene rings is 1. The second kappa shape index (κ2) is 8.53. The summed E-state index contributed by atoms with van der Waals surface area (Å²) in [5, 5.41) is 6.22. The maximum atomic E-state index is 12.1. The Labute approximate surface area is 115 Å². The van der Waals surface area contributed by atoms with Gasteiger partial charge in [0.15, 0.2) is 0 Å². The zero-order valence-corrected chi connectivity index (χ0v) is 12.0. The number of hydrogen-bond donors (Lipinski definition) is 2. The maximum Gasteiger partial charge on any atom is 0.253 e. The minimum absolute atomic E-state index is 0.0267. The number of nitrogens with one attached hydrogen (secondary N) is 2. The number of para-hydroxylation sites is 1. The van der Waals surface area contributed by atoms with E-state index in [1.807, 2.05) is 24.3 Å². The molecule has 0 aromatic heterocycles. The third-order valence-electron chi connectivity index (χ3n) is 2.68. The number of amides is 1. The molecule has 0 fully saturated rings. The van der Waals surface area contributed by atoms with E-state index >= 15 is 0 Å². The van der Waals surface area contributed by atoms with Crippen molar-refractivity contribution in [3.63, 3.8) is 0 Å². The third kappa shape index (κ3) is 5.75. The van der Waals surface area contributed by atoms with E-state index in [9.17, 15) is 4.79 Å². The highest BCUT2D eigenvalue weighted by atomic mass is 16.5. The topological polar surface area (TPSA) is 50.4 Å². The Morgan fingerprint density at radius 2 is 2.00 bits per heavy atom. The lowest BCUT2D eigenvalue weighted by Gasteiger charge is -2.14. The summed E-state index contributed by atoms with van der Waals surface area (Å²) in [4.78, 5) is 12.1. The van der Waals surface area contributed by atoms with Gasteiger partial charge in [0.1, 0.15) is 0 Å². The van der Waals surface area contributed by atoms with Gasteiger partial charge in [0.2, 0.25) is 0 Å². The van der Waals surface area contributed by atoms with E-state index in [4.69, 9.17) is 4.74 Å². The van der Waals surface area contributed by atoms with E-state index in [1.165, 1.54) is 0 Å². The van der Waals surface area contributed by atoms with Crippen molar-refractivity contribution >= 4 is 11.6 Å². The van der Waals surface area contributed by atoms with Gasteiger partial charge in [-0.05, 0) is 38.8 Å². The van der Waals surface area contributed by atoms with E-state index in [1.54, 1.807) is 7.11 Å². The lowest BCUT2D eigenvalue weighted by Crippen LogP contribution is -2.26. The number of methoxy groups -OCH3 is 1. The van der Waals surface area contributed by atoms with Gasteiger partial charge in [-0.25, -0.2) is 0 Å². The minimum atomic E-state index is -0.0267. The summed E-state index contributed by atoms with van der Waals surface area (Å²) in [6.45, 7) is 5.53. The molecule has 0 atom stereocenters. The minimum Gasteiger partial charge on any atom is -0.385 e. The molecule has 0 aliphatic rings. The van der Waals surface area contributed by atoms with Crippen LogP contribution < -0.4 is 10.6 Å². The van der Waals surface area contributed by atoms with Crippen molar-refractivity contribution in [2.75, 3.05) is 25.6 Å². The Balaban J connectivity index is 2.51. The summed E-state index contributed by atoms with van der Waals surface area (Å²) in [6.07, 6.45) is 1.89. The predicted octanol–water partition coefficient (Wildman–Crippen LogP) is 2.66. The second-order valence-electron chi connectivity index (χ2n) is 4.80. The highest BCUT2D eigenvalue weighted by molar-refractivity contribution is 5.99. The quantitative estimate of drug-likeness (QED) is 0.710. The number of carbonyl (C=O) groups is 1. The van der Waals surface area contributed by atoms with Crippen LogP contribution in [-0.2, 0) is 4.74 Å². The molecule has 0 saturated heterocycles. The van der Waals surface area contributed by atoms with Crippen LogP contribution >= 0.6 is 0 Å². The smallest absolute Gasteiger partial charge is 0.253 e. The molecule has 0 aliphatic carbocycles. The molecule has 0 bridgehead atoms. The molecule has 1 amide bonds. The first-order chi connectivity index (χ1) is 9.15. The summed E-state index contributed by atoms with van der Waals surface area (Å²) >= 11 is 0. The Hall–Kier alpha value is -1.55. The lowest BCUT2D eigenvalue weighted by atomic mass is 10.1. The van der Waals surface area contributed by atoms with Gasteiger partial charge in [0, 0.05) is 32.0 Å². The summed E-state index contributed by atoms with van der Waals surface area (Å²) in [5.41, 5.74) is 1.58. The molecule has 4 heteroatoms. The van der Waals surface area contributed by atoms with Crippen LogP contribution in [0, 0.1) is 0 Å². The second-order valence-corrected chi connectivity index (χ2v) is 4.80. The van der Waals surface area contributed by atoms with Crippen molar-refractivity contribution in [2.24, 2.45) is 0 Å². The van der Waals surface area contributed by atoms with Gasteiger partial charge in [-0.1, -0.05) is 12.1 Å². The fraction of sp³-hybridized carbons (Fsp3) is 0.533. The zero-order chi connectivity index (χ0) is 14.1. The molecule has 19 heavy (non-hydrogen) atoms. The van der Waals surface area contributed by atoms with Crippen molar-refractivity contribution < 1.29 is 9.53 Å². The SMILES string of the molecule is COCCCCNC(=O)c1ccccc1NC(C)C. The van der Waals surface area contributed by atoms with E-state index in [2.05, 4.69) is 24.5 Å². The normalized spacial score (nSPS) is 10.5. The number of anilines is 1. The first-order valence-electron chi connectivity index (χ1n) is 6.78. The van der Waals surface area contributed by atoms with Crippen molar-refractivity contribution in [2.45, 2.75) is 32.7 Å². The molecule has 0 spiro atoms. The van der Waals surface area contributed by atoms with E-state index in [0.717, 1.165) is 25.1 Å². The molecule has 4 nitrogen and oxygen atoms in total. The molecule has 0 saturated carbocycles. The van der Waals surface area contributed by atoms with Crippen molar-refractivity contribution in [1.82, 2.24) is 5.32 Å². The summed E-state index contributed by atoms with van der Waals surface area (Å²) in [7, 11) is 1.69. The van der Waals surface area contributed by atoms with Gasteiger partial charge in [-0.2, -0.15) is 0 Å². The molecule has 0 aliphatic heterocycles. The molecule has 0 heterocycles. The van der Waals surface area contributed by atoms with Crippen LogP contribution in [0.5, 0.6) is 0 Å². The van der Waals surface area contributed by atoms with E-state index in [-0.39, 0.29) is 5.91 Å². The third-order valence-corrected chi connectivity index (χ3v) is 2.68. The fourth-order valence-corrected chi connectivity index (χ4v) is 1.79. The largest absolute Gasteiger partial charge is 0.385 e. The van der Waals surface area contributed by atoms with Crippen LogP contribution in [0.25, 0.3) is 0 Å². The van der Waals surface area contributed by atoms with E-state index in [0.29, 0.717) is 18.2 Å². The predicted molar refractivity (Wildman–Crippen MR) is 78.6 cm³/mol. The zero-order valence-electron chi connectivity index (χ0n) is 12.0. The highest BCUT2D eigenvalue weighted by Gasteiger charge is 2.10. The monoisotopic (exact) mass is 264 g/mol. The van der Waals surface area contributed by atoms with Crippen LogP contribution in [-0.4, -0.2) is 32.2 Å². The number of carbonyl (C=O) groups excluding carboxylic acids is 1. The molecular weight excluding hydrogens is 240 g/mol. The summed E-state index contributed by atoms with van der Waals surface area (Å²) in [5.74, 6) is -0.0267. The molecule has 1 aromatic carbocycles. The van der Waals surface area contributed by atoms with Crippen molar-refractivity contribution in [3.8, 4) is 0 Å². The maximum absolute atomic E-state index is 12.1. The number of unbranched alkanes of at least 4 members (excludes halogenated alkanes) is 1. The first-order valence-corrected chi connectivity index (χ1v) is 6.78. The molecule has 1 aromatic rings. The molecule has 2 N–H and O–H groups in total. The molecule has 0 radical (unpaired) electrons. The lowest BCUT2D eigenvalue weighted by molar-refractivity contribution is 0.0952. The highest BCUT2D eigenvalue weighted by Crippen LogP contribution is 2.15. The Morgan fingerprint density at radius 3 is 2.68 bits per heavy atom. The Morgan fingerprint density at radius 1 is 1.26 bits per heavy atom. The van der Waals surface area contributed by atoms with Crippen LogP contribution in [0.15, 0.2) is 24.3 Å². The summed E-state index contributed by atoms with van der Waals surface area (Å²) < 4.78 is 4.97. The molecular formula is C15H24N2O2. The van der Waals surface area contributed by atoms with Crippen LogP contribution in [0.1, 0.15) is 37.0 Å². The molecule has 1 rings (SSSR count). The van der Waals surface area contributed by atoms with E-state index < -0.39 is 0 Å². The van der Waals surface area contributed by atoms with Gasteiger partial charge in [0.05, 0.1) is 5.56 Å². The average molecular weight is 264 g/mol. The standard InChI is InChI=1S/C15H24N2O2/c1-12(2)17-14-9-5-4-8-13(14)15(18)16-10-6-7-11-19-3/h4-5,8-9,12,17H,6-7,10-11H2,1-3H3,(H,16,18). The van der Waals surface area contributed by atoms with Crippen LogP contribution in [0.3, 0.4) is 0 Å². The van der Waals surface area contributed by atoms with Crippen LogP contribution in [0.2, 0.25) is 0 Å². The van der Waals surface area contributed by atoms with Gasteiger partial charge in [0.25, 0.3) is 5.91 Å². The van der Waals surface area contributed by atoms with Gasteiger partial charge >= 0.3 is 0 Å². The molecule has 0 unspecified atom stereocenters. The van der Waals surface area contributed by atoms with Crippen molar-refractivity contribution in [3.05, 3.63) is 29.8 Å². The Kier molecular flexibility index (Phi) is 6.97. The first kappa shape index (κ1) is 15.5. The number of ether oxygens (including phenoxy) is 1. The number of rotatable bonds is 8. The summed E-state index contributed by atoms with van der Waals surface area (Å²) in [6, 6.07) is 7.89. The van der Waals surface area contributed by atoms with Gasteiger partial charge in [-0.15, -0.1) is 0 Å². The Bertz CT molecular complexity index is 391. The van der Waals surface area contributed by atoms with Gasteiger partial charge in [-0.3, -0.25) is 4.79 Å².